The van der Waals surface area contributed by atoms with Gasteiger partial charge in [0.2, 0.25) is 0 Å². The summed E-state index contributed by atoms with van der Waals surface area (Å²) in [5.41, 5.74) is 3.75. The molecule has 0 saturated heterocycles. The molecule has 0 amide bonds. The Kier molecular flexibility index (Phi) is 3.53. The third kappa shape index (κ3) is 2.38. The van der Waals surface area contributed by atoms with Crippen LogP contribution in [0.1, 0.15) is 17.7 Å². The Morgan fingerprint density at radius 1 is 0.920 bits per heavy atom. The van der Waals surface area contributed by atoms with Crippen molar-refractivity contribution in [2.75, 3.05) is 0 Å². The van der Waals surface area contributed by atoms with Gasteiger partial charge in [-0.3, -0.25) is 9.59 Å². The molecule has 2 N–H and O–H groups in total. The van der Waals surface area contributed by atoms with Crippen LogP contribution in [0.15, 0.2) is 58.6 Å². The summed E-state index contributed by atoms with van der Waals surface area (Å²) in [6, 6.07) is 11.0. The van der Waals surface area contributed by atoms with E-state index < -0.39 is 0 Å². The molecular weight excluding hydrogens is 312 g/mol. The number of H-pyrrole nitrogens is 2. The first-order valence-electron chi connectivity index (χ1n) is 8.31. The zero-order chi connectivity index (χ0) is 17.6. The second-order valence-electron chi connectivity index (χ2n) is 6.33. The summed E-state index contributed by atoms with van der Waals surface area (Å²) in [5.74, 6) is 0. The quantitative estimate of drug-likeness (QED) is 0.441. The molecule has 0 fully saturated rings. The lowest BCUT2D eigenvalue weighted by molar-refractivity contribution is 0.961. The lowest BCUT2D eigenvalue weighted by Crippen LogP contribution is -2.14. The Labute approximate surface area is 143 Å². The number of rotatable bonds is 3. The van der Waals surface area contributed by atoms with Gasteiger partial charge in [0.25, 0.3) is 0 Å². The SMILES string of the molecule is C=CCCc1c(C)[nH]c2cc3c(=O)c4ccccc4[nH]c3cc2c1=O. The molecule has 2 aromatic heterocycles. The molecule has 4 rings (SSSR count). The number of pyridine rings is 2. The maximum atomic E-state index is 12.9. The third-order valence-corrected chi connectivity index (χ3v) is 4.74. The van der Waals surface area contributed by atoms with Crippen molar-refractivity contribution in [2.45, 2.75) is 19.8 Å². The maximum absolute atomic E-state index is 12.9. The minimum absolute atomic E-state index is 0.0176. The summed E-state index contributed by atoms with van der Waals surface area (Å²) in [7, 11) is 0. The van der Waals surface area contributed by atoms with Crippen molar-refractivity contribution in [1.29, 1.82) is 0 Å². The summed E-state index contributed by atoms with van der Waals surface area (Å²) in [5, 5.41) is 1.83. The van der Waals surface area contributed by atoms with Gasteiger partial charge in [-0.05, 0) is 44.0 Å². The molecule has 0 atom stereocenters. The van der Waals surface area contributed by atoms with Crippen LogP contribution < -0.4 is 10.9 Å². The van der Waals surface area contributed by atoms with Gasteiger partial charge in [0, 0.05) is 32.9 Å². The Morgan fingerprint density at radius 3 is 2.36 bits per heavy atom. The van der Waals surface area contributed by atoms with Crippen LogP contribution in [-0.4, -0.2) is 9.97 Å². The lowest BCUT2D eigenvalue weighted by atomic mass is 10.0. The summed E-state index contributed by atoms with van der Waals surface area (Å²) < 4.78 is 0. The van der Waals surface area contributed by atoms with Crippen LogP contribution in [0.2, 0.25) is 0 Å². The van der Waals surface area contributed by atoms with Gasteiger partial charge in [-0.25, -0.2) is 0 Å². The van der Waals surface area contributed by atoms with Crippen molar-refractivity contribution in [3.05, 3.63) is 80.8 Å². The highest BCUT2D eigenvalue weighted by atomic mass is 16.1. The van der Waals surface area contributed by atoms with E-state index in [0.717, 1.165) is 23.2 Å². The van der Waals surface area contributed by atoms with E-state index in [9.17, 15) is 9.59 Å². The Bertz CT molecular complexity index is 1260. The zero-order valence-corrected chi connectivity index (χ0v) is 14.0. The monoisotopic (exact) mass is 330 g/mol. The average Bonchev–Trinajstić information content (AvgIpc) is 2.61. The van der Waals surface area contributed by atoms with Gasteiger partial charge in [0.05, 0.1) is 11.0 Å². The van der Waals surface area contributed by atoms with Crippen molar-refractivity contribution in [3.8, 4) is 0 Å². The zero-order valence-electron chi connectivity index (χ0n) is 14.0. The van der Waals surface area contributed by atoms with Gasteiger partial charge in [0.1, 0.15) is 0 Å². The molecule has 4 nitrogen and oxygen atoms in total. The van der Waals surface area contributed by atoms with Crippen LogP contribution in [0.5, 0.6) is 0 Å². The molecule has 0 aliphatic carbocycles. The summed E-state index contributed by atoms with van der Waals surface area (Å²) >= 11 is 0. The largest absolute Gasteiger partial charge is 0.358 e. The number of fused-ring (bicyclic) bond motifs is 3. The van der Waals surface area contributed by atoms with Gasteiger partial charge in [-0.1, -0.05) is 18.2 Å². The predicted octanol–water partition coefficient (Wildman–Crippen LogP) is 3.95. The Balaban J connectivity index is 2.11. The summed E-state index contributed by atoms with van der Waals surface area (Å²) in [6.45, 7) is 5.62. The fourth-order valence-electron chi connectivity index (χ4n) is 3.42. The highest BCUT2D eigenvalue weighted by Crippen LogP contribution is 2.20. The molecular formula is C21H18N2O2. The highest BCUT2D eigenvalue weighted by molar-refractivity contribution is 5.99. The van der Waals surface area contributed by atoms with Crippen LogP contribution in [-0.2, 0) is 6.42 Å². The van der Waals surface area contributed by atoms with Crippen molar-refractivity contribution >= 4 is 32.7 Å². The molecule has 25 heavy (non-hydrogen) atoms. The number of aromatic amines is 2. The fraction of sp³-hybridized carbons (Fsp3) is 0.143. The molecule has 4 aromatic rings. The molecule has 0 bridgehead atoms. The lowest BCUT2D eigenvalue weighted by Gasteiger charge is -2.09. The number of aryl methyl sites for hydroxylation is 1. The predicted molar refractivity (Wildman–Crippen MR) is 103 cm³/mol. The van der Waals surface area contributed by atoms with Crippen molar-refractivity contribution in [2.24, 2.45) is 0 Å². The number of benzene rings is 2. The van der Waals surface area contributed by atoms with E-state index in [2.05, 4.69) is 16.5 Å². The maximum Gasteiger partial charge on any atom is 0.197 e. The summed E-state index contributed by atoms with van der Waals surface area (Å²) in [6.07, 6.45) is 3.23. The van der Waals surface area contributed by atoms with Crippen LogP contribution in [0.25, 0.3) is 32.7 Å². The molecule has 2 heterocycles. The molecule has 0 aliphatic heterocycles. The topological polar surface area (TPSA) is 65.7 Å². The minimum atomic E-state index is -0.0273. The standard InChI is InChI=1S/C21H18N2O2/c1-3-4-7-13-12(2)22-18-10-16-19(11-15(18)20(13)24)23-17-9-6-5-8-14(17)21(16)25/h3,5-6,8-11H,1,4,7H2,2H3,(H,22,24)(H,23,25). The Hall–Kier alpha value is -3.14. The van der Waals surface area contributed by atoms with E-state index in [1.807, 2.05) is 37.3 Å². The van der Waals surface area contributed by atoms with E-state index in [-0.39, 0.29) is 10.9 Å². The van der Waals surface area contributed by atoms with E-state index in [4.69, 9.17) is 0 Å². The molecule has 124 valence electrons. The molecule has 4 heteroatoms. The van der Waals surface area contributed by atoms with Crippen LogP contribution in [0.3, 0.4) is 0 Å². The first-order chi connectivity index (χ1) is 12.1. The minimum Gasteiger partial charge on any atom is -0.358 e. The molecule has 0 spiro atoms. The number of aromatic nitrogens is 2. The highest BCUT2D eigenvalue weighted by Gasteiger charge is 2.12. The smallest absolute Gasteiger partial charge is 0.197 e. The first kappa shape index (κ1) is 15.4. The molecule has 0 aliphatic rings. The number of hydrogen-bond donors (Lipinski definition) is 2. The number of hydrogen-bond acceptors (Lipinski definition) is 2. The second-order valence-corrected chi connectivity index (χ2v) is 6.33. The van der Waals surface area contributed by atoms with Gasteiger partial charge in [-0.2, -0.15) is 0 Å². The molecule has 0 saturated carbocycles. The Morgan fingerprint density at radius 2 is 1.60 bits per heavy atom. The van der Waals surface area contributed by atoms with E-state index >= 15 is 0 Å². The van der Waals surface area contributed by atoms with E-state index in [0.29, 0.717) is 33.6 Å². The van der Waals surface area contributed by atoms with Crippen LogP contribution in [0, 0.1) is 6.92 Å². The van der Waals surface area contributed by atoms with Crippen molar-refractivity contribution in [1.82, 2.24) is 9.97 Å². The molecule has 0 radical (unpaired) electrons. The van der Waals surface area contributed by atoms with Crippen molar-refractivity contribution < 1.29 is 0 Å². The first-order valence-corrected chi connectivity index (χ1v) is 8.31. The van der Waals surface area contributed by atoms with Gasteiger partial charge < -0.3 is 9.97 Å². The van der Waals surface area contributed by atoms with Crippen LogP contribution >= 0.6 is 0 Å². The number of nitrogens with one attached hydrogen (secondary N) is 2. The summed E-state index contributed by atoms with van der Waals surface area (Å²) in [4.78, 5) is 32.3. The fourth-order valence-corrected chi connectivity index (χ4v) is 3.42. The van der Waals surface area contributed by atoms with E-state index in [1.165, 1.54) is 0 Å². The number of para-hydroxylation sites is 1. The van der Waals surface area contributed by atoms with Crippen LogP contribution in [0.4, 0.5) is 0 Å². The molecule has 0 unspecified atom stereocenters. The average molecular weight is 330 g/mol. The van der Waals surface area contributed by atoms with Crippen molar-refractivity contribution in [3.63, 3.8) is 0 Å². The normalized spacial score (nSPS) is 11.4. The van der Waals surface area contributed by atoms with Gasteiger partial charge in [-0.15, -0.1) is 6.58 Å². The van der Waals surface area contributed by atoms with Gasteiger partial charge in [0.15, 0.2) is 10.9 Å². The van der Waals surface area contributed by atoms with Gasteiger partial charge >= 0.3 is 0 Å². The van der Waals surface area contributed by atoms with E-state index in [1.54, 1.807) is 12.1 Å². The molecule has 2 aromatic carbocycles. The second kappa shape index (κ2) is 5.74. The third-order valence-electron chi connectivity index (χ3n) is 4.74. The number of allylic oxidation sites excluding steroid dienone is 1.